The quantitative estimate of drug-likeness (QED) is 0.397. The maximum absolute atomic E-state index is 16.2. The molecule has 30 heavy (non-hydrogen) atoms. The van der Waals surface area contributed by atoms with Crippen LogP contribution in [0, 0.1) is 13.8 Å². The second kappa shape index (κ2) is 7.20. The lowest BCUT2D eigenvalue weighted by molar-refractivity contribution is -0.363. The molecule has 1 aromatic carbocycles. The molecule has 7 heteroatoms. The van der Waals surface area contributed by atoms with E-state index in [9.17, 15) is 0 Å². The molecule has 0 unspecified atom stereocenters. The highest BCUT2D eigenvalue weighted by Gasteiger charge is 2.56. The predicted molar refractivity (Wildman–Crippen MR) is 126 cm³/mol. The van der Waals surface area contributed by atoms with Crippen molar-refractivity contribution in [1.29, 1.82) is 0 Å². The molecule has 0 saturated heterocycles. The van der Waals surface area contributed by atoms with Crippen molar-refractivity contribution in [1.82, 2.24) is 4.48 Å². The maximum Gasteiger partial charge on any atom is 0.737 e. The molecule has 2 aliphatic heterocycles. The third kappa shape index (κ3) is 2.69. The molecule has 4 rings (SSSR count). The highest BCUT2D eigenvalue weighted by atomic mass is 79.9. The van der Waals surface area contributed by atoms with E-state index in [4.69, 9.17) is 11.6 Å². The number of halogens is 4. The smallest absolute Gasteiger partial charge is 0.393 e. The Kier molecular flexibility index (Phi) is 5.18. The van der Waals surface area contributed by atoms with Crippen molar-refractivity contribution in [3.8, 4) is 0 Å². The number of benzene rings is 1. The van der Waals surface area contributed by atoms with Gasteiger partial charge in [0, 0.05) is 38.8 Å². The van der Waals surface area contributed by atoms with Crippen molar-refractivity contribution < 1.29 is 13.1 Å². The Hall–Kier alpha value is -1.66. The highest BCUT2D eigenvalue weighted by Crippen LogP contribution is 2.48. The molecule has 2 aromatic rings. The average Bonchev–Trinajstić information content (AvgIpc) is 3.08. The number of rotatable bonds is 3. The van der Waals surface area contributed by atoms with Gasteiger partial charge in [-0.25, -0.2) is 0 Å². The van der Waals surface area contributed by atoms with Crippen molar-refractivity contribution in [3.05, 3.63) is 72.6 Å². The van der Waals surface area contributed by atoms with Crippen LogP contribution in [-0.4, -0.2) is 21.6 Å². The number of fused-ring (bicyclic) bond motifs is 2. The lowest BCUT2D eigenvalue weighted by Crippen LogP contribution is -2.51. The standard InChI is InChI=1S/C23H25BBrClF2N2/c1-7-17-12(3)22-21(19-10-9-16(25)11-20(19)26)23-13(4)18(8-2)15(6)30(23)24(27,28)29(22)14(17)5/h9-11H,7-8H2,1-6H3. The van der Waals surface area contributed by atoms with Gasteiger partial charge in [-0.15, -0.1) is 0 Å². The van der Waals surface area contributed by atoms with Gasteiger partial charge in [0.1, 0.15) is 5.71 Å². The van der Waals surface area contributed by atoms with Crippen molar-refractivity contribution >= 4 is 45.8 Å². The molecule has 3 heterocycles. The third-order valence-corrected chi connectivity index (χ3v) is 7.50. The topological polar surface area (TPSA) is 7.94 Å². The first-order valence-electron chi connectivity index (χ1n) is 10.3. The van der Waals surface area contributed by atoms with Crippen molar-refractivity contribution in [2.24, 2.45) is 0 Å². The molecule has 0 amide bonds. The molecule has 0 spiro atoms. The average molecular weight is 494 g/mol. The largest absolute Gasteiger partial charge is 0.737 e. The first-order valence-corrected chi connectivity index (χ1v) is 11.5. The van der Waals surface area contributed by atoms with Gasteiger partial charge in [-0.05, 0) is 62.6 Å². The molecule has 0 saturated carbocycles. The molecular formula is C23H25BBrClF2N2. The minimum atomic E-state index is -4.01. The van der Waals surface area contributed by atoms with Crippen LogP contribution in [0.15, 0.2) is 39.5 Å². The summed E-state index contributed by atoms with van der Waals surface area (Å²) in [7, 11) is 0. The van der Waals surface area contributed by atoms with Crippen LogP contribution < -0.4 is 0 Å². The fourth-order valence-electron chi connectivity index (χ4n) is 5.43. The fourth-order valence-corrected chi connectivity index (χ4v) is 6.19. The van der Waals surface area contributed by atoms with Gasteiger partial charge in [-0.2, -0.15) is 0 Å². The van der Waals surface area contributed by atoms with Crippen LogP contribution in [0.25, 0.3) is 5.57 Å². The Labute approximate surface area is 190 Å². The molecule has 0 bridgehead atoms. The minimum absolute atomic E-state index is 0.544. The lowest BCUT2D eigenvalue weighted by atomic mass is 9.83. The molecule has 0 fully saturated rings. The van der Waals surface area contributed by atoms with Gasteiger partial charge in [0.2, 0.25) is 0 Å². The molecule has 2 nitrogen and oxygen atoms in total. The monoisotopic (exact) mass is 492 g/mol. The molecule has 158 valence electrons. The van der Waals surface area contributed by atoms with E-state index in [-0.39, 0.29) is 0 Å². The van der Waals surface area contributed by atoms with Gasteiger partial charge in [0.15, 0.2) is 5.70 Å². The Balaban J connectivity index is 2.25. The van der Waals surface area contributed by atoms with Gasteiger partial charge in [0.25, 0.3) is 0 Å². The van der Waals surface area contributed by atoms with E-state index in [2.05, 4.69) is 15.9 Å². The summed E-state index contributed by atoms with van der Waals surface area (Å²) in [6.07, 6.45) is 1.41. The maximum atomic E-state index is 16.2. The highest BCUT2D eigenvalue weighted by molar-refractivity contribution is 9.10. The van der Waals surface area contributed by atoms with Gasteiger partial charge < -0.3 is 17.6 Å². The van der Waals surface area contributed by atoms with Crippen LogP contribution in [0.4, 0.5) is 8.63 Å². The van der Waals surface area contributed by atoms with E-state index in [1.54, 1.807) is 0 Å². The van der Waals surface area contributed by atoms with Crippen molar-refractivity contribution in [3.63, 3.8) is 0 Å². The number of allylic oxidation sites excluding steroid dienone is 2. The first kappa shape index (κ1) is 21.6. The van der Waals surface area contributed by atoms with Crippen molar-refractivity contribution in [2.45, 2.75) is 54.4 Å². The molecule has 0 atom stereocenters. The zero-order valence-corrected chi connectivity index (χ0v) is 20.5. The Morgan fingerprint density at radius 1 is 1.10 bits per heavy atom. The third-order valence-electron chi connectivity index (χ3n) is 6.70. The van der Waals surface area contributed by atoms with Crippen molar-refractivity contribution in [2.75, 3.05) is 0 Å². The number of hydrogen-bond donors (Lipinski definition) is 0. The first-order chi connectivity index (χ1) is 14.1. The number of aromatic nitrogens is 1. The second-order valence-electron chi connectivity index (χ2n) is 8.11. The van der Waals surface area contributed by atoms with Crippen LogP contribution in [0.5, 0.6) is 0 Å². The Morgan fingerprint density at radius 3 is 2.33 bits per heavy atom. The summed E-state index contributed by atoms with van der Waals surface area (Å²) in [5.74, 6) is 0. The van der Waals surface area contributed by atoms with Crippen LogP contribution in [0.3, 0.4) is 0 Å². The molecule has 0 N–H and O–H groups in total. The van der Waals surface area contributed by atoms with Gasteiger partial charge in [0.05, 0.1) is 5.57 Å². The van der Waals surface area contributed by atoms with E-state index in [0.29, 0.717) is 40.7 Å². The second-order valence-corrected chi connectivity index (χ2v) is 9.43. The normalized spacial score (nSPS) is 17.8. The van der Waals surface area contributed by atoms with Gasteiger partial charge >= 0.3 is 6.97 Å². The Morgan fingerprint density at radius 2 is 1.77 bits per heavy atom. The Bertz CT molecular complexity index is 1200. The zero-order valence-electron chi connectivity index (χ0n) is 18.1. The van der Waals surface area contributed by atoms with Crippen LogP contribution in [-0.2, 0) is 6.42 Å². The lowest BCUT2D eigenvalue weighted by Gasteiger charge is -2.34. The summed E-state index contributed by atoms with van der Waals surface area (Å²) >= 11 is 10.1. The molecule has 2 aliphatic rings. The van der Waals surface area contributed by atoms with E-state index < -0.39 is 6.97 Å². The number of nitrogens with zero attached hydrogens (tertiary/aromatic N) is 2. The molecular weight excluding hydrogens is 468 g/mol. The zero-order chi connectivity index (χ0) is 22.1. The van der Waals surface area contributed by atoms with Crippen LogP contribution >= 0.6 is 27.5 Å². The summed E-state index contributed by atoms with van der Waals surface area (Å²) in [6, 6.07) is 5.67. The van der Waals surface area contributed by atoms with Gasteiger partial charge in [-0.3, -0.25) is 0 Å². The van der Waals surface area contributed by atoms with E-state index >= 15 is 8.63 Å². The summed E-state index contributed by atoms with van der Waals surface area (Å²) in [5, 5.41) is 0.544. The summed E-state index contributed by atoms with van der Waals surface area (Å²) < 4.78 is 35.7. The van der Waals surface area contributed by atoms with Crippen LogP contribution in [0.2, 0.25) is 5.02 Å². The summed E-state index contributed by atoms with van der Waals surface area (Å²) in [6.45, 7) is 7.55. The van der Waals surface area contributed by atoms with Crippen LogP contribution in [0.1, 0.15) is 62.2 Å². The van der Waals surface area contributed by atoms with E-state index in [0.717, 1.165) is 37.9 Å². The fraction of sp³-hybridized carbons (Fsp3) is 0.348. The van der Waals surface area contributed by atoms with E-state index in [1.165, 1.54) is 8.96 Å². The summed E-state index contributed by atoms with van der Waals surface area (Å²) in [5.41, 5.74) is 7.80. The van der Waals surface area contributed by atoms with E-state index in [1.807, 2.05) is 59.7 Å². The summed E-state index contributed by atoms with van der Waals surface area (Å²) in [4.78, 5) is 0. The number of hydrogen-bond acceptors (Lipinski definition) is 0. The SMILES string of the molecule is CCC1=C(C)C2=C(c3ccc(Br)cc3Cl)c3c(C)c(CC)c(C)n3[B-](F)(F)[N+]2=C1C. The molecule has 0 radical (unpaired) electrons. The molecule has 1 aromatic heterocycles. The molecule has 0 aliphatic carbocycles. The minimum Gasteiger partial charge on any atom is -0.393 e. The van der Waals surface area contributed by atoms with Gasteiger partial charge in [-0.1, -0.05) is 47.4 Å². The predicted octanol–water partition coefficient (Wildman–Crippen LogP) is 7.29.